The molecule has 1 aliphatic rings. The van der Waals surface area contributed by atoms with Crippen LogP contribution in [0.2, 0.25) is 0 Å². The summed E-state index contributed by atoms with van der Waals surface area (Å²) in [6, 6.07) is 20.7. The van der Waals surface area contributed by atoms with Gasteiger partial charge in [-0.1, -0.05) is 54.2 Å². The molecule has 0 saturated heterocycles. The molecular weight excluding hydrogens is 399 g/mol. The molecule has 1 saturated carbocycles. The van der Waals surface area contributed by atoms with Gasteiger partial charge in [-0.2, -0.15) is 0 Å². The third-order valence-corrected chi connectivity index (χ3v) is 6.00. The average Bonchev–Trinajstić information content (AvgIpc) is 3.52. The minimum atomic E-state index is -0.322. The molecule has 4 aromatic rings. The number of hydrogen-bond acceptors (Lipinski definition) is 4. The van der Waals surface area contributed by atoms with E-state index in [2.05, 4.69) is 15.5 Å². The summed E-state index contributed by atoms with van der Waals surface area (Å²) in [5.41, 5.74) is 1.19. The SMILES string of the molecule is O=C(CSc1nnc(-c2ccccc2F)n1C1CC1)Nc1ccc2ccccc2c1. The van der Waals surface area contributed by atoms with Crippen LogP contribution in [0, 0.1) is 5.82 Å². The fourth-order valence-corrected chi connectivity index (χ4v) is 4.26. The number of halogens is 1. The van der Waals surface area contributed by atoms with E-state index in [1.807, 2.05) is 47.0 Å². The molecule has 0 radical (unpaired) electrons. The van der Waals surface area contributed by atoms with Gasteiger partial charge in [-0.3, -0.25) is 9.36 Å². The number of thioether (sulfide) groups is 1. The predicted molar refractivity (Wildman–Crippen MR) is 117 cm³/mol. The summed E-state index contributed by atoms with van der Waals surface area (Å²) >= 11 is 1.32. The van der Waals surface area contributed by atoms with Crippen molar-refractivity contribution in [2.75, 3.05) is 11.1 Å². The van der Waals surface area contributed by atoms with E-state index in [9.17, 15) is 9.18 Å². The molecule has 0 unspecified atom stereocenters. The molecule has 1 fully saturated rings. The van der Waals surface area contributed by atoms with Crippen LogP contribution in [-0.2, 0) is 4.79 Å². The zero-order valence-electron chi connectivity index (χ0n) is 16.1. The number of nitrogens with one attached hydrogen (secondary N) is 1. The largest absolute Gasteiger partial charge is 0.325 e. The second kappa shape index (κ2) is 7.91. The Morgan fingerprint density at radius 2 is 1.80 bits per heavy atom. The number of hydrogen-bond donors (Lipinski definition) is 1. The molecule has 3 aromatic carbocycles. The standard InChI is InChI=1S/C23H19FN4OS/c24-20-8-4-3-7-19(20)22-26-27-23(28(22)18-11-12-18)30-14-21(29)25-17-10-9-15-5-1-2-6-16(15)13-17/h1-10,13,18H,11-12,14H2,(H,25,29). The topological polar surface area (TPSA) is 59.8 Å². The summed E-state index contributed by atoms with van der Waals surface area (Å²) in [5.74, 6) is 0.285. The second-order valence-corrected chi connectivity index (χ2v) is 8.23. The van der Waals surface area contributed by atoms with Crippen LogP contribution < -0.4 is 5.32 Å². The highest BCUT2D eigenvalue weighted by Gasteiger charge is 2.31. The van der Waals surface area contributed by atoms with Crippen LogP contribution in [0.4, 0.5) is 10.1 Å². The maximum atomic E-state index is 14.3. The lowest BCUT2D eigenvalue weighted by Crippen LogP contribution is -2.14. The molecule has 5 nitrogen and oxygen atoms in total. The van der Waals surface area contributed by atoms with E-state index < -0.39 is 0 Å². The van der Waals surface area contributed by atoms with E-state index in [1.165, 1.54) is 17.8 Å². The molecule has 7 heteroatoms. The molecule has 150 valence electrons. The number of carbonyl (C=O) groups is 1. The molecule has 1 aromatic heterocycles. The van der Waals surface area contributed by atoms with E-state index in [4.69, 9.17) is 0 Å². The van der Waals surface area contributed by atoms with Gasteiger partial charge in [0.15, 0.2) is 11.0 Å². The first kappa shape index (κ1) is 18.8. The number of nitrogens with zero attached hydrogens (tertiary/aromatic N) is 3. The summed E-state index contributed by atoms with van der Waals surface area (Å²) < 4.78 is 16.2. The minimum absolute atomic E-state index is 0.118. The number of carbonyl (C=O) groups excluding carboxylic acids is 1. The maximum Gasteiger partial charge on any atom is 0.234 e. The van der Waals surface area contributed by atoms with Gasteiger partial charge in [0.2, 0.25) is 5.91 Å². The molecule has 30 heavy (non-hydrogen) atoms. The van der Waals surface area contributed by atoms with Crippen molar-refractivity contribution in [3.63, 3.8) is 0 Å². The number of fused-ring (bicyclic) bond motifs is 1. The Balaban J connectivity index is 1.31. The third-order valence-electron chi connectivity index (χ3n) is 5.06. The lowest BCUT2D eigenvalue weighted by molar-refractivity contribution is -0.113. The highest BCUT2D eigenvalue weighted by atomic mass is 32.2. The van der Waals surface area contributed by atoms with Crippen molar-refractivity contribution >= 4 is 34.1 Å². The number of aromatic nitrogens is 3. The number of amides is 1. The van der Waals surface area contributed by atoms with E-state index >= 15 is 0 Å². The van der Waals surface area contributed by atoms with Gasteiger partial charge in [0.1, 0.15) is 5.82 Å². The molecule has 1 N–H and O–H groups in total. The Morgan fingerprint density at radius 1 is 1.03 bits per heavy atom. The van der Waals surface area contributed by atoms with Gasteiger partial charge in [-0.15, -0.1) is 10.2 Å². The Bertz CT molecular complexity index is 1230. The monoisotopic (exact) mass is 418 g/mol. The van der Waals surface area contributed by atoms with E-state index in [1.54, 1.807) is 18.2 Å². The Kier molecular flexibility index (Phi) is 4.96. The van der Waals surface area contributed by atoms with Crippen molar-refractivity contribution in [1.82, 2.24) is 14.8 Å². The predicted octanol–water partition coefficient (Wildman–Crippen LogP) is 5.30. The summed E-state index contributed by atoms with van der Waals surface area (Å²) in [7, 11) is 0. The van der Waals surface area contributed by atoms with Gasteiger partial charge in [0, 0.05) is 11.7 Å². The molecule has 0 atom stereocenters. The minimum Gasteiger partial charge on any atom is -0.325 e. The first-order valence-corrected chi connectivity index (χ1v) is 10.8. The first-order chi connectivity index (χ1) is 14.7. The molecule has 1 heterocycles. The van der Waals surface area contributed by atoms with Gasteiger partial charge in [-0.05, 0) is 47.9 Å². The smallest absolute Gasteiger partial charge is 0.234 e. The Morgan fingerprint density at radius 3 is 2.60 bits per heavy atom. The average molecular weight is 418 g/mol. The molecule has 0 spiro atoms. The zero-order valence-corrected chi connectivity index (χ0v) is 16.9. The molecular formula is C23H19FN4OS. The molecule has 0 bridgehead atoms. The summed E-state index contributed by atoms with van der Waals surface area (Å²) in [5, 5.41) is 14.3. The van der Waals surface area contributed by atoms with Crippen LogP contribution in [0.25, 0.3) is 22.2 Å². The van der Waals surface area contributed by atoms with Crippen molar-refractivity contribution in [3.05, 3.63) is 72.5 Å². The molecule has 1 amide bonds. The van der Waals surface area contributed by atoms with Crippen molar-refractivity contribution < 1.29 is 9.18 Å². The summed E-state index contributed by atoms with van der Waals surface area (Å²) in [6.45, 7) is 0. The third kappa shape index (κ3) is 3.80. The highest BCUT2D eigenvalue weighted by molar-refractivity contribution is 7.99. The Labute approximate surface area is 177 Å². The molecule has 5 rings (SSSR count). The van der Waals surface area contributed by atoms with E-state index in [0.29, 0.717) is 16.5 Å². The quantitative estimate of drug-likeness (QED) is 0.432. The normalized spacial score (nSPS) is 13.5. The zero-order chi connectivity index (χ0) is 20.5. The van der Waals surface area contributed by atoms with Crippen molar-refractivity contribution in [1.29, 1.82) is 0 Å². The maximum absolute atomic E-state index is 14.3. The fourth-order valence-electron chi connectivity index (χ4n) is 3.46. The fraction of sp³-hybridized carbons (Fsp3) is 0.174. The van der Waals surface area contributed by atoms with Crippen molar-refractivity contribution in [2.24, 2.45) is 0 Å². The number of anilines is 1. The summed E-state index contributed by atoms with van der Waals surface area (Å²) in [6.07, 6.45) is 2.02. The van der Waals surface area contributed by atoms with Gasteiger partial charge < -0.3 is 5.32 Å². The van der Waals surface area contributed by atoms with Crippen LogP contribution >= 0.6 is 11.8 Å². The second-order valence-electron chi connectivity index (χ2n) is 7.29. The van der Waals surface area contributed by atoms with Gasteiger partial charge in [-0.25, -0.2) is 4.39 Å². The van der Waals surface area contributed by atoms with Gasteiger partial charge in [0.05, 0.1) is 11.3 Å². The molecule has 1 aliphatic carbocycles. The van der Waals surface area contributed by atoms with Gasteiger partial charge in [0.25, 0.3) is 0 Å². The van der Waals surface area contributed by atoms with Crippen LogP contribution in [0.3, 0.4) is 0 Å². The lowest BCUT2D eigenvalue weighted by Gasteiger charge is -2.10. The van der Waals surface area contributed by atoms with Crippen LogP contribution in [0.1, 0.15) is 18.9 Å². The van der Waals surface area contributed by atoms with Gasteiger partial charge >= 0.3 is 0 Å². The first-order valence-electron chi connectivity index (χ1n) is 9.80. The van der Waals surface area contributed by atoms with E-state index in [0.717, 1.165) is 29.3 Å². The molecule has 0 aliphatic heterocycles. The van der Waals surface area contributed by atoms with Crippen LogP contribution in [0.15, 0.2) is 71.9 Å². The Hall–Kier alpha value is -3.19. The van der Waals surface area contributed by atoms with Crippen molar-refractivity contribution in [2.45, 2.75) is 24.0 Å². The highest BCUT2D eigenvalue weighted by Crippen LogP contribution is 2.41. The number of benzene rings is 3. The van der Waals surface area contributed by atoms with Crippen LogP contribution in [0.5, 0.6) is 0 Å². The van der Waals surface area contributed by atoms with E-state index in [-0.39, 0.29) is 23.5 Å². The van der Waals surface area contributed by atoms with Crippen molar-refractivity contribution in [3.8, 4) is 11.4 Å². The van der Waals surface area contributed by atoms with Crippen LogP contribution in [-0.4, -0.2) is 26.4 Å². The lowest BCUT2D eigenvalue weighted by atomic mass is 10.1. The number of rotatable bonds is 6. The summed E-state index contributed by atoms with van der Waals surface area (Å²) in [4.78, 5) is 12.5.